The standard InChI is InChI=1S/C24H28F3N3O2/c1-14-18(6-7-20(31)29-19-10-13-28-23(19)32)22(15-2-4-17(25)5-3-15)30-21(14)16-8-11-24(26,27)12-9-16/h2-5,16,19,30H,6-13H2,1H3,(H,28,32)(H,29,31). The van der Waals surface area contributed by atoms with Crippen molar-refractivity contribution in [1.82, 2.24) is 15.6 Å². The van der Waals surface area contributed by atoms with E-state index in [1.807, 2.05) is 6.92 Å². The fraction of sp³-hybridized carbons (Fsp3) is 0.500. The largest absolute Gasteiger partial charge is 0.358 e. The molecule has 2 fully saturated rings. The van der Waals surface area contributed by atoms with E-state index in [-0.39, 0.29) is 42.8 Å². The quantitative estimate of drug-likeness (QED) is 0.616. The van der Waals surface area contributed by atoms with Gasteiger partial charge in [0.2, 0.25) is 17.7 Å². The Morgan fingerprint density at radius 1 is 1.16 bits per heavy atom. The van der Waals surface area contributed by atoms with Crippen LogP contribution in [0, 0.1) is 12.7 Å². The Balaban J connectivity index is 1.56. The van der Waals surface area contributed by atoms with Crippen LogP contribution in [-0.2, 0) is 16.0 Å². The molecule has 1 aliphatic heterocycles. The number of rotatable bonds is 6. The van der Waals surface area contributed by atoms with Crippen molar-refractivity contribution in [3.63, 3.8) is 0 Å². The minimum Gasteiger partial charge on any atom is -0.358 e. The van der Waals surface area contributed by atoms with E-state index < -0.39 is 12.0 Å². The zero-order chi connectivity index (χ0) is 22.9. The van der Waals surface area contributed by atoms with Crippen LogP contribution in [0.1, 0.15) is 61.3 Å². The third-order valence-electron chi connectivity index (χ3n) is 6.66. The molecule has 1 saturated carbocycles. The molecule has 1 aromatic carbocycles. The van der Waals surface area contributed by atoms with E-state index in [4.69, 9.17) is 0 Å². The Bertz CT molecular complexity index is 991. The van der Waals surface area contributed by atoms with Crippen LogP contribution >= 0.6 is 0 Å². The Morgan fingerprint density at radius 3 is 2.47 bits per heavy atom. The summed E-state index contributed by atoms with van der Waals surface area (Å²) in [5.74, 6) is -3.33. The first-order chi connectivity index (χ1) is 15.2. The van der Waals surface area contributed by atoms with Gasteiger partial charge in [0.25, 0.3) is 0 Å². The van der Waals surface area contributed by atoms with Crippen molar-refractivity contribution in [2.75, 3.05) is 6.54 Å². The zero-order valence-electron chi connectivity index (χ0n) is 18.1. The SMILES string of the molecule is Cc1c(C2CCC(F)(F)CC2)[nH]c(-c2ccc(F)cc2)c1CCC(=O)NC1CCNC1=O. The van der Waals surface area contributed by atoms with Gasteiger partial charge in [-0.2, -0.15) is 0 Å². The molecule has 172 valence electrons. The molecule has 2 aromatic rings. The highest BCUT2D eigenvalue weighted by molar-refractivity contribution is 5.89. The van der Waals surface area contributed by atoms with Gasteiger partial charge in [-0.1, -0.05) is 0 Å². The summed E-state index contributed by atoms with van der Waals surface area (Å²) in [5.41, 5.74) is 4.39. The van der Waals surface area contributed by atoms with Gasteiger partial charge in [-0.15, -0.1) is 0 Å². The molecular formula is C24H28F3N3O2. The molecule has 0 spiro atoms. The number of aromatic nitrogens is 1. The first-order valence-corrected chi connectivity index (χ1v) is 11.2. The summed E-state index contributed by atoms with van der Waals surface area (Å²) in [5, 5.41) is 5.47. The van der Waals surface area contributed by atoms with Gasteiger partial charge < -0.3 is 15.6 Å². The molecule has 2 aliphatic rings. The number of aromatic amines is 1. The predicted molar refractivity (Wildman–Crippen MR) is 115 cm³/mol. The lowest BCUT2D eigenvalue weighted by atomic mass is 9.83. The molecule has 1 aromatic heterocycles. The van der Waals surface area contributed by atoms with E-state index in [9.17, 15) is 22.8 Å². The first-order valence-electron chi connectivity index (χ1n) is 11.2. The second-order valence-electron chi connectivity index (χ2n) is 8.85. The van der Waals surface area contributed by atoms with Crippen molar-refractivity contribution in [1.29, 1.82) is 0 Å². The third-order valence-corrected chi connectivity index (χ3v) is 6.66. The van der Waals surface area contributed by atoms with Crippen molar-refractivity contribution in [3.05, 3.63) is 46.9 Å². The van der Waals surface area contributed by atoms with Crippen molar-refractivity contribution < 1.29 is 22.8 Å². The normalized spacial score (nSPS) is 20.9. The summed E-state index contributed by atoms with van der Waals surface area (Å²) in [6, 6.07) is 5.60. The fourth-order valence-corrected chi connectivity index (χ4v) is 4.80. The first kappa shape index (κ1) is 22.4. The molecule has 1 saturated heterocycles. The molecule has 0 radical (unpaired) electrons. The minimum absolute atomic E-state index is 0.00131. The Morgan fingerprint density at radius 2 is 1.84 bits per heavy atom. The Kier molecular flexibility index (Phi) is 6.31. The fourth-order valence-electron chi connectivity index (χ4n) is 4.80. The van der Waals surface area contributed by atoms with Gasteiger partial charge >= 0.3 is 0 Å². The Labute approximate surface area is 185 Å². The number of benzene rings is 1. The molecule has 2 heterocycles. The van der Waals surface area contributed by atoms with Crippen LogP contribution in [0.2, 0.25) is 0 Å². The summed E-state index contributed by atoms with van der Waals surface area (Å²) >= 11 is 0. The van der Waals surface area contributed by atoms with Gasteiger partial charge in [0, 0.05) is 37.2 Å². The number of H-pyrrole nitrogens is 1. The van der Waals surface area contributed by atoms with Crippen molar-refractivity contribution in [2.45, 2.75) is 69.8 Å². The number of hydrogen-bond donors (Lipinski definition) is 3. The van der Waals surface area contributed by atoms with E-state index in [2.05, 4.69) is 15.6 Å². The highest BCUT2D eigenvalue weighted by Crippen LogP contribution is 2.43. The number of nitrogens with one attached hydrogen (secondary N) is 3. The molecule has 1 unspecified atom stereocenters. The number of carbonyl (C=O) groups excluding carboxylic acids is 2. The lowest BCUT2D eigenvalue weighted by Crippen LogP contribution is -2.40. The van der Waals surface area contributed by atoms with Gasteiger partial charge in [-0.25, -0.2) is 13.2 Å². The van der Waals surface area contributed by atoms with Gasteiger partial charge in [0.1, 0.15) is 11.9 Å². The maximum Gasteiger partial charge on any atom is 0.248 e. The third kappa shape index (κ3) is 4.84. The van der Waals surface area contributed by atoms with Crippen molar-refractivity contribution >= 4 is 11.8 Å². The van der Waals surface area contributed by atoms with Crippen LogP contribution in [0.4, 0.5) is 13.2 Å². The molecule has 1 atom stereocenters. The van der Waals surface area contributed by atoms with Gasteiger partial charge in [-0.3, -0.25) is 9.59 Å². The highest BCUT2D eigenvalue weighted by Gasteiger charge is 2.37. The van der Waals surface area contributed by atoms with Crippen LogP contribution in [0.15, 0.2) is 24.3 Å². The molecule has 1 aliphatic carbocycles. The number of alkyl halides is 2. The molecule has 32 heavy (non-hydrogen) atoms. The topological polar surface area (TPSA) is 74.0 Å². The lowest BCUT2D eigenvalue weighted by Gasteiger charge is -2.28. The summed E-state index contributed by atoms with van der Waals surface area (Å²) in [6.45, 7) is 2.50. The molecule has 0 bridgehead atoms. The van der Waals surface area contributed by atoms with Crippen LogP contribution in [0.3, 0.4) is 0 Å². The number of halogens is 3. The number of carbonyl (C=O) groups is 2. The molecule has 2 amide bonds. The van der Waals surface area contributed by atoms with Crippen LogP contribution in [0.5, 0.6) is 0 Å². The molecular weight excluding hydrogens is 419 g/mol. The van der Waals surface area contributed by atoms with Gasteiger partial charge in [0.15, 0.2) is 0 Å². The predicted octanol–water partition coefficient (Wildman–Crippen LogP) is 4.36. The van der Waals surface area contributed by atoms with E-state index in [0.29, 0.717) is 32.2 Å². The summed E-state index contributed by atoms with van der Waals surface area (Å²) in [6.07, 6.45) is 1.72. The lowest BCUT2D eigenvalue weighted by molar-refractivity contribution is -0.127. The average Bonchev–Trinajstić information content (AvgIpc) is 3.30. The Hall–Kier alpha value is -2.77. The molecule has 5 nitrogen and oxygen atoms in total. The van der Waals surface area contributed by atoms with Crippen molar-refractivity contribution in [2.24, 2.45) is 0 Å². The monoisotopic (exact) mass is 447 g/mol. The second-order valence-corrected chi connectivity index (χ2v) is 8.85. The maximum absolute atomic E-state index is 13.7. The molecule has 4 rings (SSSR count). The molecule has 3 N–H and O–H groups in total. The van der Waals surface area contributed by atoms with E-state index in [0.717, 1.165) is 28.1 Å². The number of hydrogen-bond acceptors (Lipinski definition) is 2. The van der Waals surface area contributed by atoms with Crippen LogP contribution < -0.4 is 10.6 Å². The highest BCUT2D eigenvalue weighted by atomic mass is 19.3. The summed E-state index contributed by atoms with van der Waals surface area (Å²) in [4.78, 5) is 27.6. The smallest absolute Gasteiger partial charge is 0.248 e. The van der Waals surface area contributed by atoms with E-state index in [1.165, 1.54) is 12.1 Å². The van der Waals surface area contributed by atoms with Crippen LogP contribution in [0.25, 0.3) is 11.3 Å². The summed E-state index contributed by atoms with van der Waals surface area (Å²) in [7, 11) is 0. The zero-order valence-corrected chi connectivity index (χ0v) is 18.1. The van der Waals surface area contributed by atoms with Gasteiger partial charge in [-0.05, 0) is 79.5 Å². The number of amides is 2. The minimum atomic E-state index is -2.61. The average molecular weight is 448 g/mol. The van der Waals surface area contributed by atoms with Gasteiger partial charge in [0.05, 0.1) is 0 Å². The molecule has 8 heteroatoms. The van der Waals surface area contributed by atoms with Crippen LogP contribution in [-0.4, -0.2) is 35.3 Å². The maximum atomic E-state index is 13.7. The van der Waals surface area contributed by atoms with E-state index in [1.54, 1.807) is 12.1 Å². The second kappa shape index (κ2) is 9.00. The van der Waals surface area contributed by atoms with E-state index >= 15 is 0 Å². The van der Waals surface area contributed by atoms with Crippen molar-refractivity contribution in [3.8, 4) is 11.3 Å². The summed E-state index contributed by atoms with van der Waals surface area (Å²) < 4.78 is 40.8.